The van der Waals surface area contributed by atoms with E-state index in [-0.39, 0.29) is 47.9 Å². The molecule has 1 aromatic carbocycles. The van der Waals surface area contributed by atoms with E-state index in [1.807, 2.05) is 13.8 Å². The molecule has 0 aliphatic carbocycles. The first kappa shape index (κ1) is 21.0. The standard InChI is InChI=1S/C11H10O3.C5H6NO2.Li/c1-8(2)14-11-4-3-9(6-12)10(5-11)7-13;7-4-2-1-3-5(8)6-4;/h3-5,8H,1-2H3;2H,1,3H2,(H,6,7,8);/q-2;-1;+1. The summed E-state index contributed by atoms with van der Waals surface area (Å²) in [5.74, 6) is 0.121. The molecule has 6 nitrogen and oxygen atoms in total. The normalized spacial score (nSPS) is 12.8. The Labute approximate surface area is 147 Å². The third-order valence-corrected chi connectivity index (χ3v) is 2.55. The minimum atomic E-state index is -0.263. The molecule has 23 heavy (non-hydrogen) atoms. The maximum absolute atomic E-state index is 10.5. The summed E-state index contributed by atoms with van der Waals surface area (Å²) < 4.78 is 5.35. The Morgan fingerprint density at radius 2 is 1.83 bits per heavy atom. The van der Waals surface area contributed by atoms with Crippen LogP contribution in [-0.2, 0) is 19.2 Å². The average Bonchev–Trinajstić information content (AvgIpc) is 2.47. The predicted molar refractivity (Wildman–Crippen MR) is 78.5 cm³/mol. The fraction of sp³-hybridized carbons (Fsp3) is 0.312. The first-order chi connectivity index (χ1) is 10.5. The second-order valence-electron chi connectivity index (χ2n) is 4.73. The third-order valence-electron chi connectivity index (χ3n) is 2.55. The van der Waals surface area contributed by atoms with E-state index in [9.17, 15) is 19.2 Å². The van der Waals surface area contributed by atoms with Crippen molar-refractivity contribution in [3.63, 3.8) is 0 Å². The molecule has 1 aromatic rings. The number of amides is 2. The Bertz CT molecular complexity index is 558. The number of piperidine rings is 1. The number of carbonyl (C=O) groups excluding carboxylic acids is 4. The molecule has 7 heteroatoms. The van der Waals surface area contributed by atoms with E-state index in [1.165, 1.54) is 18.6 Å². The van der Waals surface area contributed by atoms with Crippen LogP contribution in [0.2, 0.25) is 0 Å². The van der Waals surface area contributed by atoms with Gasteiger partial charge in [-0.2, -0.15) is 12.5 Å². The van der Waals surface area contributed by atoms with Crippen molar-refractivity contribution in [1.29, 1.82) is 0 Å². The van der Waals surface area contributed by atoms with Gasteiger partial charge in [-0.1, -0.05) is 0 Å². The number of hydrogen-bond donors (Lipinski definition) is 1. The second kappa shape index (κ2) is 10.7. The van der Waals surface area contributed by atoms with Crippen LogP contribution in [0.4, 0.5) is 0 Å². The van der Waals surface area contributed by atoms with Gasteiger partial charge < -0.3 is 30.9 Å². The summed E-state index contributed by atoms with van der Waals surface area (Å²) in [5.41, 5.74) is 0.384. The summed E-state index contributed by atoms with van der Waals surface area (Å²) >= 11 is 0. The van der Waals surface area contributed by atoms with Crippen molar-refractivity contribution < 1.29 is 42.8 Å². The maximum atomic E-state index is 10.5. The van der Waals surface area contributed by atoms with Gasteiger partial charge in [0.25, 0.3) is 0 Å². The Morgan fingerprint density at radius 1 is 1.17 bits per heavy atom. The fourth-order valence-electron chi connectivity index (χ4n) is 1.63. The molecule has 118 valence electrons. The molecule has 0 radical (unpaired) electrons. The van der Waals surface area contributed by atoms with Gasteiger partial charge in [0.05, 0.1) is 12.0 Å². The number of nitrogens with one attached hydrogen (secondary N) is 1. The van der Waals surface area contributed by atoms with Crippen LogP contribution in [0.1, 0.15) is 37.8 Å². The van der Waals surface area contributed by atoms with Crippen LogP contribution in [0.3, 0.4) is 0 Å². The van der Waals surface area contributed by atoms with Crippen LogP contribution in [0.25, 0.3) is 0 Å². The summed E-state index contributed by atoms with van der Waals surface area (Å²) in [6.07, 6.45) is 5.87. The summed E-state index contributed by atoms with van der Waals surface area (Å²) in [6.45, 7) is 3.76. The molecular weight excluding hydrogens is 293 g/mol. The van der Waals surface area contributed by atoms with Gasteiger partial charge in [-0.15, -0.1) is 6.07 Å². The summed E-state index contributed by atoms with van der Waals surface area (Å²) in [7, 11) is 0. The van der Waals surface area contributed by atoms with Gasteiger partial charge in [0, 0.05) is 12.2 Å². The number of imide groups is 1. The van der Waals surface area contributed by atoms with Crippen molar-refractivity contribution >= 4 is 24.4 Å². The molecular formula is C16H16LiNO5-2. The van der Waals surface area contributed by atoms with Gasteiger partial charge in [-0.3, -0.25) is 15.9 Å². The van der Waals surface area contributed by atoms with E-state index in [1.54, 1.807) is 18.6 Å². The fourth-order valence-corrected chi connectivity index (χ4v) is 1.63. The minimum absolute atomic E-state index is 0. The molecule has 1 fully saturated rings. The smallest absolute Gasteiger partial charge is 0.506 e. The van der Waals surface area contributed by atoms with Gasteiger partial charge in [0.1, 0.15) is 0 Å². The molecule has 0 spiro atoms. The molecule has 1 N–H and O–H groups in total. The zero-order valence-electron chi connectivity index (χ0n) is 13.3. The van der Waals surface area contributed by atoms with Crippen LogP contribution < -0.4 is 28.9 Å². The van der Waals surface area contributed by atoms with E-state index in [0.717, 1.165) is 0 Å². The van der Waals surface area contributed by atoms with E-state index < -0.39 is 0 Å². The SMILES string of the molecule is CC(C)Oc1ccc([C-]=O)c([C-]=O)c1.O=C1[CH-]CCC(=O)N1.[Li+]. The summed E-state index contributed by atoms with van der Waals surface area (Å²) in [5, 5.41) is 2.15. The molecule has 1 aliphatic heterocycles. The number of ether oxygens (including phenoxy) is 1. The van der Waals surface area contributed by atoms with Crippen LogP contribution in [0.15, 0.2) is 18.2 Å². The largest absolute Gasteiger partial charge is 1.00 e. The monoisotopic (exact) mass is 309 g/mol. The zero-order valence-corrected chi connectivity index (χ0v) is 13.3. The molecule has 2 amide bonds. The molecule has 0 atom stereocenters. The molecule has 0 aromatic heterocycles. The van der Waals surface area contributed by atoms with Crippen molar-refractivity contribution in [3.05, 3.63) is 35.7 Å². The van der Waals surface area contributed by atoms with Crippen molar-refractivity contribution in [2.24, 2.45) is 0 Å². The average molecular weight is 309 g/mol. The van der Waals surface area contributed by atoms with E-state index in [2.05, 4.69) is 5.32 Å². The van der Waals surface area contributed by atoms with Gasteiger partial charge in [-0.25, -0.2) is 6.07 Å². The zero-order chi connectivity index (χ0) is 16.5. The first-order valence-corrected chi connectivity index (χ1v) is 6.70. The molecule has 0 bridgehead atoms. The van der Waals surface area contributed by atoms with Crippen LogP contribution in [0.5, 0.6) is 5.75 Å². The molecule has 1 aliphatic rings. The van der Waals surface area contributed by atoms with Gasteiger partial charge in [-0.05, 0) is 26.4 Å². The first-order valence-electron chi connectivity index (χ1n) is 6.70. The Kier molecular flexibility index (Phi) is 9.71. The summed E-state index contributed by atoms with van der Waals surface area (Å²) in [4.78, 5) is 41.4. The molecule has 1 saturated heterocycles. The summed E-state index contributed by atoms with van der Waals surface area (Å²) in [6, 6.07) is 4.60. The van der Waals surface area contributed by atoms with Crippen molar-refractivity contribution in [3.8, 4) is 5.75 Å². The molecule has 2 rings (SSSR count). The van der Waals surface area contributed by atoms with Gasteiger partial charge in [0.2, 0.25) is 5.91 Å². The van der Waals surface area contributed by atoms with Crippen LogP contribution >= 0.6 is 0 Å². The topological polar surface area (TPSA) is 89.5 Å². The van der Waals surface area contributed by atoms with Crippen LogP contribution in [0, 0.1) is 6.42 Å². The van der Waals surface area contributed by atoms with Gasteiger partial charge >= 0.3 is 18.9 Å². The molecule has 0 unspecified atom stereocenters. The quantitative estimate of drug-likeness (QED) is 0.395. The minimum Gasteiger partial charge on any atom is -0.506 e. The van der Waals surface area contributed by atoms with Crippen molar-refractivity contribution in [1.82, 2.24) is 5.32 Å². The number of benzene rings is 1. The Hall–Kier alpha value is -2.03. The number of carbonyl (C=O) groups is 2. The van der Waals surface area contributed by atoms with Crippen molar-refractivity contribution in [2.45, 2.75) is 32.8 Å². The number of hydrogen-bond acceptors (Lipinski definition) is 5. The Morgan fingerprint density at radius 3 is 2.26 bits per heavy atom. The maximum Gasteiger partial charge on any atom is 1.00 e. The number of rotatable bonds is 4. The van der Waals surface area contributed by atoms with E-state index in [4.69, 9.17) is 4.74 Å². The molecule has 1 heterocycles. The second-order valence-corrected chi connectivity index (χ2v) is 4.73. The van der Waals surface area contributed by atoms with E-state index >= 15 is 0 Å². The van der Waals surface area contributed by atoms with Crippen molar-refractivity contribution in [2.75, 3.05) is 0 Å². The van der Waals surface area contributed by atoms with Gasteiger partial charge in [0.15, 0.2) is 0 Å². The van der Waals surface area contributed by atoms with Crippen LogP contribution in [-0.4, -0.2) is 30.5 Å². The Balaban J connectivity index is 0.000000460. The third kappa shape index (κ3) is 7.68. The molecule has 0 saturated carbocycles. The van der Waals surface area contributed by atoms with E-state index in [0.29, 0.717) is 18.6 Å². The predicted octanol–water partition coefficient (Wildman–Crippen LogP) is -1.98.